The van der Waals surface area contributed by atoms with Crippen molar-refractivity contribution in [3.8, 4) is 0 Å². The zero-order valence-electron chi connectivity index (χ0n) is 11.5. The molecule has 112 valence electrons. The van der Waals surface area contributed by atoms with Gasteiger partial charge in [0.25, 0.3) is 0 Å². The minimum absolute atomic E-state index is 0.192. The third-order valence-electron chi connectivity index (χ3n) is 3.35. The maximum absolute atomic E-state index is 12.8. The van der Waals surface area contributed by atoms with E-state index in [0.717, 1.165) is 29.1 Å². The summed E-state index contributed by atoms with van der Waals surface area (Å²) >= 11 is 0. The fraction of sp³-hybridized carbons (Fsp3) is 0.267. The Bertz CT molecular complexity index is 687. The molecule has 0 aliphatic rings. The number of nitrogens with zero attached hydrogens (tertiary/aromatic N) is 1. The van der Waals surface area contributed by atoms with Gasteiger partial charge in [0.1, 0.15) is 0 Å². The molecular weight excluding hydrogens is 283 g/mol. The highest BCUT2D eigenvalue weighted by atomic mass is 19.4. The number of hydrogen-bond acceptors (Lipinski definition) is 1. The minimum atomic E-state index is -4.68. The monoisotopic (exact) mass is 297 g/mol. The number of rotatable bonds is 3. The van der Waals surface area contributed by atoms with Gasteiger partial charge in [-0.15, -0.1) is 0 Å². The summed E-state index contributed by atoms with van der Waals surface area (Å²) in [4.78, 5) is 10.9. The topological polar surface area (TPSA) is 42.2 Å². The van der Waals surface area contributed by atoms with Gasteiger partial charge < -0.3 is 9.67 Å². The van der Waals surface area contributed by atoms with Crippen LogP contribution in [0.5, 0.6) is 0 Å². The number of alkyl halides is 3. The number of aryl methyl sites for hydroxylation is 2. The Labute approximate surface area is 119 Å². The predicted octanol–water partition coefficient (Wildman–Crippen LogP) is 3.87. The van der Waals surface area contributed by atoms with Crippen molar-refractivity contribution < 1.29 is 23.1 Å². The molecule has 0 spiro atoms. The van der Waals surface area contributed by atoms with Crippen LogP contribution >= 0.6 is 0 Å². The van der Waals surface area contributed by atoms with Gasteiger partial charge in [-0.05, 0) is 30.5 Å². The molecule has 0 radical (unpaired) electrons. The van der Waals surface area contributed by atoms with Gasteiger partial charge in [-0.3, -0.25) is 0 Å². The van der Waals surface area contributed by atoms with E-state index in [-0.39, 0.29) is 6.54 Å². The fourth-order valence-corrected chi connectivity index (χ4v) is 2.11. The molecule has 0 saturated carbocycles. The van der Waals surface area contributed by atoms with Crippen LogP contribution in [0.3, 0.4) is 0 Å². The lowest BCUT2D eigenvalue weighted by Crippen LogP contribution is -2.09. The molecule has 21 heavy (non-hydrogen) atoms. The Morgan fingerprint density at radius 2 is 1.86 bits per heavy atom. The summed E-state index contributed by atoms with van der Waals surface area (Å²) in [6, 6.07) is 5.58. The van der Waals surface area contributed by atoms with Crippen molar-refractivity contribution in [1.82, 2.24) is 4.57 Å². The van der Waals surface area contributed by atoms with Gasteiger partial charge in [-0.25, -0.2) is 4.79 Å². The Morgan fingerprint density at radius 1 is 1.19 bits per heavy atom. The Hall–Kier alpha value is -2.24. The van der Waals surface area contributed by atoms with Crippen LogP contribution in [0, 0.1) is 13.8 Å². The van der Waals surface area contributed by atoms with Crippen LogP contribution in [0.25, 0.3) is 0 Å². The van der Waals surface area contributed by atoms with E-state index in [9.17, 15) is 18.0 Å². The highest BCUT2D eigenvalue weighted by molar-refractivity contribution is 5.89. The van der Waals surface area contributed by atoms with Crippen molar-refractivity contribution in [1.29, 1.82) is 0 Å². The second kappa shape index (κ2) is 5.27. The van der Waals surface area contributed by atoms with Gasteiger partial charge in [0.2, 0.25) is 0 Å². The first-order valence-corrected chi connectivity index (χ1v) is 6.25. The van der Waals surface area contributed by atoms with Crippen LogP contribution in [0.15, 0.2) is 30.6 Å². The van der Waals surface area contributed by atoms with Gasteiger partial charge in [0.15, 0.2) is 0 Å². The lowest BCUT2D eigenvalue weighted by molar-refractivity contribution is -0.138. The summed E-state index contributed by atoms with van der Waals surface area (Å²) in [7, 11) is 0. The van der Waals surface area contributed by atoms with Gasteiger partial charge in [-0.1, -0.05) is 18.2 Å². The molecule has 0 amide bonds. The quantitative estimate of drug-likeness (QED) is 0.934. The highest BCUT2D eigenvalue weighted by Gasteiger charge is 2.36. The largest absolute Gasteiger partial charge is 0.478 e. The van der Waals surface area contributed by atoms with E-state index in [1.165, 1.54) is 4.57 Å². The van der Waals surface area contributed by atoms with Gasteiger partial charge in [0, 0.05) is 18.9 Å². The van der Waals surface area contributed by atoms with Crippen molar-refractivity contribution in [3.05, 3.63) is 58.4 Å². The first-order valence-electron chi connectivity index (χ1n) is 6.25. The van der Waals surface area contributed by atoms with E-state index in [1.54, 1.807) is 0 Å². The van der Waals surface area contributed by atoms with Crippen LogP contribution in [0.4, 0.5) is 13.2 Å². The lowest BCUT2D eigenvalue weighted by Gasteiger charge is -2.07. The first-order chi connectivity index (χ1) is 9.68. The van der Waals surface area contributed by atoms with E-state index in [2.05, 4.69) is 0 Å². The number of halogens is 3. The molecule has 2 aromatic rings. The normalized spacial score (nSPS) is 11.7. The number of benzene rings is 1. The van der Waals surface area contributed by atoms with Crippen LogP contribution in [0.2, 0.25) is 0 Å². The van der Waals surface area contributed by atoms with E-state index < -0.39 is 23.3 Å². The number of carbonyl (C=O) groups is 1. The van der Waals surface area contributed by atoms with Crippen LogP contribution in [-0.4, -0.2) is 15.6 Å². The smallest absolute Gasteiger partial charge is 0.418 e. The van der Waals surface area contributed by atoms with Crippen molar-refractivity contribution >= 4 is 5.97 Å². The van der Waals surface area contributed by atoms with Crippen LogP contribution in [-0.2, 0) is 12.7 Å². The Morgan fingerprint density at radius 3 is 2.33 bits per heavy atom. The third-order valence-corrected chi connectivity index (χ3v) is 3.35. The van der Waals surface area contributed by atoms with E-state index in [4.69, 9.17) is 5.11 Å². The molecule has 1 aromatic carbocycles. The first kappa shape index (κ1) is 15.2. The van der Waals surface area contributed by atoms with Crippen molar-refractivity contribution in [2.24, 2.45) is 0 Å². The molecule has 1 heterocycles. The molecule has 3 nitrogen and oxygen atoms in total. The highest BCUT2D eigenvalue weighted by Crippen LogP contribution is 2.33. The van der Waals surface area contributed by atoms with E-state index in [0.29, 0.717) is 0 Å². The number of aromatic nitrogens is 1. The minimum Gasteiger partial charge on any atom is -0.478 e. The van der Waals surface area contributed by atoms with Crippen LogP contribution in [0.1, 0.15) is 32.6 Å². The molecule has 2 rings (SSSR count). The summed E-state index contributed by atoms with van der Waals surface area (Å²) in [6.07, 6.45) is -2.83. The second-order valence-electron chi connectivity index (χ2n) is 4.98. The number of hydrogen-bond donors (Lipinski definition) is 1. The van der Waals surface area contributed by atoms with E-state index >= 15 is 0 Å². The Balaban J connectivity index is 2.37. The molecular formula is C15H14F3NO2. The molecule has 0 bridgehead atoms. The maximum atomic E-state index is 12.8. The molecule has 0 atom stereocenters. The third kappa shape index (κ3) is 3.26. The number of carboxylic acids is 1. The molecule has 0 fully saturated rings. The summed E-state index contributed by atoms with van der Waals surface area (Å²) in [6.45, 7) is 4.05. The SMILES string of the molecule is Cc1ccc(Cn2cc(C(=O)O)c(C(F)(F)F)c2)cc1C. The van der Waals surface area contributed by atoms with Crippen LogP contribution < -0.4 is 0 Å². The maximum Gasteiger partial charge on any atom is 0.418 e. The van der Waals surface area contributed by atoms with Crippen molar-refractivity contribution in [2.45, 2.75) is 26.6 Å². The molecule has 1 N–H and O–H groups in total. The van der Waals surface area contributed by atoms with Gasteiger partial charge in [0.05, 0.1) is 11.1 Å². The van der Waals surface area contributed by atoms with E-state index in [1.807, 2.05) is 32.0 Å². The molecule has 0 aliphatic carbocycles. The standard InChI is InChI=1S/C15H14F3NO2/c1-9-3-4-11(5-10(9)2)6-19-7-12(14(20)21)13(8-19)15(16,17)18/h3-5,7-8H,6H2,1-2H3,(H,20,21). The summed E-state index contributed by atoms with van der Waals surface area (Å²) < 4.78 is 39.6. The zero-order chi connectivity index (χ0) is 15.8. The molecule has 6 heteroatoms. The molecule has 1 aromatic heterocycles. The second-order valence-corrected chi connectivity index (χ2v) is 4.98. The molecule has 0 aliphatic heterocycles. The fourth-order valence-electron chi connectivity index (χ4n) is 2.11. The van der Waals surface area contributed by atoms with Gasteiger partial charge in [-0.2, -0.15) is 13.2 Å². The average molecular weight is 297 g/mol. The number of aromatic carboxylic acids is 1. The molecule has 0 unspecified atom stereocenters. The Kier molecular flexibility index (Phi) is 3.80. The predicted molar refractivity (Wildman–Crippen MR) is 71.4 cm³/mol. The molecule has 0 saturated heterocycles. The lowest BCUT2D eigenvalue weighted by atomic mass is 10.1. The summed E-state index contributed by atoms with van der Waals surface area (Å²) in [5.74, 6) is -1.58. The summed E-state index contributed by atoms with van der Waals surface area (Å²) in [5, 5.41) is 8.88. The van der Waals surface area contributed by atoms with Crippen molar-refractivity contribution in [2.75, 3.05) is 0 Å². The van der Waals surface area contributed by atoms with Gasteiger partial charge >= 0.3 is 12.1 Å². The van der Waals surface area contributed by atoms with Crippen molar-refractivity contribution in [3.63, 3.8) is 0 Å². The number of carboxylic acid groups (broad SMARTS) is 1. The summed E-state index contributed by atoms with van der Waals surface area (Å²) in [5.41, 5.74) is 1.09. The zero-order valence-corrected chi connectivity index (χ0v) is 11.5. The average Bonchev–Trinajstić information content (AvgIpc) is 2.78.